The van der Waals surface area contributed by atoms with E-state index in [0.717, 1.165) is 15.2 Å². The Morgan fingerprint density at radius 2 is 1.96 bits per heavy atom. The second-order valence-electron chi connectivity index (χ2n) is 5.85. The summed E-state index contributed by atoms with van der Waals surface area (Å²) >= 11 is 1.49. The lowest BCUT2D eigenvalue weighted by Gasteiger charge is -2.14. The molecule has 0 unspecified atom stereocenters. The van der Waals surface area contributed by atoms with Crippen LogP contribution in [0.3, 0.4) is 0 Å². The molecular formula is C20H17N3O4S. The van der Waals surface area contributed by atoms with Crippen LogP contribution in [0.1, 0.15) is 17.5 Å². The Morgan fingerprint density at radius 1 is 1.21 bits per heavy atom. The van der Waals surface area contributed by atoms with E-state index in [4.69, 9.17) is 14.7 Å². The quantitative estimate of drug-likeness (QED) is 0.616. The Bertz CT molecular complexity index is 1010. The molecular weight excluding hydrogens is 378 g/mol. The smallest absolute Gasteiger partial charge is 0.332 e. The van der Waals surface area contributed by atoms with E-state index in [-0.39, 0.29) is 13.2 Å². The first-order valence-corrected chi connectivity index (χ1v) is 9.30. The van der Waals surface area contributed by atoms with Crippen molar-refractivity contribution in [2.45, 2.75) is 19.6 Å². The van der Waals surface area contributed by atoms with E-state index in [9.17, 15) is 9.59 Å². The Kier molecular flexibility index (Phi) is 6.32. The summed E-state index contributed by atoms with van der Waals surface area (Å²) in [6.45, 7) is 1.35. The number of amides is 1. The number of benzene rings is 2. The Balaban J connectivity index is 1.46. The molecule has 8 heteroatoms. The zero-order valence-corrected chi connectivity index (χ0v) is 15.9. The number of esters is 1. The lowest BCUT2D eigenvalue weighted by Crippen LogP contribution is -2.31. The Labute approximate surface area is 165 Å². The third-order valence-electron chi connectivity index (χ3n) is 3.77. The number of thiazole rings is 1. The van der Waals surface area contributed by atoms with E-state index in [1.165, 1.54) is 18.3 Å². The fraction of sp³-hybridized carbons (Fsp3) is 0.200. The molecule has 2 aromatic carbocycles. The largest absolute Gasteiger partial charge is 0.451 e. The van der Waals surface area contributed by atoms with E-state index in [1.807, 2.05) is 30.3 Å². The third kappa shape index (κ3) is 4.91. The highest BCUT2D eigenvalue weighted by atomic mass is 32.1. The van der Waals surface area contributed by atoms with Gasteiger partial charge in [-0.15, -0.1) is 11.3 Å². The molecule has 0 saturated heterocycles. The van der Waals surface area contributed by atoms with Gasteiger partial charge in [-0.1, -0.05) is 24.3 Å². The number of rotatable bonds is 7. The van der Waals surface area contributed by atoms with Gasteiger partial charge in [-0.3, -0.25) is 4.79 Å². The van der Waals surface area contributed by atoms with Crippen molar-refractivity contribution in [3.05, 3.63) is 59.1 Å². The van der Waals surface area contributed by atoms with Crippen LogP contribution in [0.25, 0.3) is 10.2 Å². The van der Waals surface area contributed by atoms with Crippen LogP contribution in [-0.2, 0) is 25.7 Å². The zero-order chi connectivity index (χ0) is 19.9. The number of nitrogens with zero attached hydrogens (tertiary/aromatic N) is 2. The van der Waals surface area contributed by atoms with E-state index in [2.05, 4.69) is 10.3 Å². The fourth-order valence-electron chi connectivity index (χ4n) is 2.41. The minimum Gasteiger partial charge on any atom is -0.451 e. The van der Waals surface area contributed by atoms with Crippen LogP contribution >= 0.6 is 11.3 Å². The van der Waals surface area contributed by atoms with Crippen LogP contribution in [0.15, 0.2) is 48.5 Å². The van der Waals surface area contributed by atoms with Gasteiger partial charge < -0.3 is 14.8 Å². The van der Waals surface area contributed by atoms with Crippen LogP contribution < -0.4 is 5.32 Å². The van der Waals surface area contributed by atoms with Crippen LogP contribution in [0.5, 0.6) is 0 Å². The molecule has 0 aliphatic rings. The van der Waals surface area contributed by atoms with Crippen LogP contribution in [0.4, 0.5) is 5.69 Å². The number of ether oxygens (including phenoxy) is 2. The molecule has 1 amide bonds. The van der Waals surface area contributed by atoms with Crippen molar-refractivity contribution in [1.82, 2.24) is 4.98 Å². The number of fused-ring (bicyclic) bond motifs is 1. The van der Waals surface area contributed by atoms with Crippen LogP contribution in [0, 0.1) is 11.3 Å². The monoisotopic (exact) mass is 395 g/mol. The van der Waals surface area contributed by atoms with Gasteiger partial charge in [0.1, 0.15) is 17.7 Å². The molecule has 7 nitrogen and oxygen atoms in total. The average Bonchev–Trinajstić information content (AvgIpc) is 3.11. The molecule has 0 aliphatic carbocycles. The van der Waals surface area contributed by atoms with Gasteiger partial charge >= 0.3 is 5.97 Å². The average molecular weight is 395 g/mol. The van der Waals surface area contributed by atoms with Crippen LogP contribution in [0.2, 0.25) is 0 Å². The summed E-state index contributed by atoms with van der Waals surface area (Å²) in [7, 11) is 0. The molecule has 0 radical (unpaired) electrons. The number of nitrogens with one attached hydrogen (secondary N) is 1. The molecule has 1 heterocycles. The van der Waals surface area contributed by atoms with Crippen LogP contribution in [-0.4, -0.2) is 29.6 Å². The van der Waals surface area contributed by atoms with Crippen molar-refractivity contribution in [1.29, 1.82) is 5.26 Å². The minimum atomic E-state index is -1.02. The lowest BCUT2D eigenvalue weighted by atomic mass is 10.2. The highest BCUT2D eigenvalue weighted by Crippen LogP contribution is 2.22. The first-order valence-electron chi connectivity index (χ1n) is 8.48. The number of para-hydroxylation sites is 2. The van der Waals surface area contributed by atoms with Crippen molar-refractivity contribution in [2.24, 2.45) is 0 Å². The summed E-state index contributed by atoms with van der Waals surface area (Å²) in [5.74, 6) is -1.18. The van der Waals surface area contributed by atoms with Gasteiger partial charge in [0.25, 0.3) is 5.91 Å². The summed E-state index contributed by atoms with van der Waals surface area (Å²) in [6.07, 6.45) is -1.02. The molecule has 142 valence electrons. The molecule has 0 bridgehead atoms. The predicted octanol–water partition coefficient (Wildman–Crippen LogP) is 3.25. The van der Waals surface area contributed by atoms with Gasteiger partial charge in [-0.25, -0.2) is 9.78 Å². The summed E-state index contributed by atoms with van der Waals surface area (Å²) in [5, 5.41) is 12.4. The normalized spacial score (nSPS) is 11.6. The lowest BCUT2D eigenvalue weighted by molar-refractivity contribution is -0.157. The van der Waals surface area contributed by atoms with Crippen molar-refractivity contribution in [2.75, 3.05) is 11.9 Å². The molecule has 3 aromatic rings. The summed E-state index contributed by atoms with van der Waals surface area (Å²) in [6, 6.07) is 16.3. The molecule has 0 saturated carbocycles. The van der Waals surface area contributed by atoms with Crippen molar-refractivity contribution < 1.29 is 19.1 Å². The van der Waals surface area contributed by atoms with Gasteiger partial charge in [-0.2, -0.15) is 5.26 Å². The molecule has 1 N–H and O–H groups in total. The number of anilines is 1. The van der Waals surface area contributed by atoms with E-state index in [1.54, 1.807) is 24.3 Å². The number of aromatic nitrogens is 1. The second kappa shape index (κ2) is 9.08. The maximum Gasteiger partial charge on any atom is 0.332 e. The molecule has 1 atom stereocenters. The summed E-state index contributed by atoms with van der Waals surface area (Å²) in [4.78, 5) is 28.5. The Morgan fingerprint density at radius 3 is 2.75 bits per heavy atom. The third-order valence-corrected chi connectivity index (χ3v) is 4.78. The van der Waals surface area contributed by atoms with Gasteiger partial charge in [0.2, 0.25) is 0 Å². The molecule has 0 aliphatic heterocycles. The van der Waals surface area contributed by atoms with Crippen molar-refractivity contribution in [3.63, 3.8) is 0 Å². The standard InChI is InChI=1S/C20H17N3O4S/c1-13(20(25)23-15-7-3-2-6-14(15)10-21)27-19(24)12-26-11-18-22-16-8-4-5-9-17(16)28-18/h2-9,13H,11-12H2,1H3,(H,23,25)/t13-/m1/s1. The molecule has 0 spiro atoms. The topological polar surface area (TPSA) is 101 Å². The summed E-state index contributed by atoms with van der Waals surface area (Å²) in [5.41, 5.74) is 1.58. The minimum absolute atomic E-state index is 0.185. The molecule has 28 heavy (non-hydrogen) atoms. The molecule has 1 aromatic heterocycles. The van der Waals surface area contributed by atoms with Crippen molar-refractivity contribution in [3.8, 4) is 6.07 Å². The Hall–Kier alpha value is -3.28. The first kappa shape index (κ1) is 19.5. The highest BCUT2D eigenvalue weighted by Gasteiger charge is 2.19. The van der Waals surface area contributed by atoms with Gasteiger partial charge in [0.05, 0.1) is 28.1 Å². The fourth-order valence-corrected chi connectivity index (χ4v) is 3.32. The maximum atomic E-state index is 12.2. The SMILES string of the molecule is C[C@@H](OC(=O)COCc1nc2ccccc2s1)C(=O)Nc1ccccc1C#N. The van der Waals surface area contributed by atoms with E-state index in [0.29, 0.717) is 11.3 Å². The second-order valence-corrected chi connectivity index (χ2v) is 6.96. The highest BCUT2D eigenvalue weighted by molar-refractivity contribution is 7.18. The zero-order valence-electron chi connectivity index (χ0n) is 15.0. The number of nitriles is 1. The number of hydrogen-bond donors (Lipinski definition) is 1. The number of carbonyl (C=O) groups is 2. The van der Waals surface area contributed by atoms with E-state index < -0.39 is 18.0 Å². The van der Waals surface area contributed by atoms with Gasteiger partial charge in [0, 0.05) is 0 Å². The van der Waals surface area contributed by atoms with Gasteiger partial charge in [-0.05, 0) is 31.2 Å². The number of carbonyl (C=O) groups excluding carboxylic acids is 2. The summed E-state index contributed by atoms with van der Waals surface area (Å²) < 4.78 is 11.5. The number of hydrogen-bond acceptors (Lipinski definition) is 7. The van der Waals surface area contributed by atoms with E-state index >= 15 is 0 Å². The first-order chi connectivity index (χ1) is 13.6. The predicted molar refractivity (Wildman–Crippen MR) is 105 cm³/mol. The molecule has 3 rings (SSSR count). The van der Waals surface area contributed by atoms with Gasteiger partial charge in [0.15, 0.2) is 6.10 Å². The maximum absolute atomic E-state index is 12.2. The van der Waals surface area contributed by atoms with Crippen molar-refractivity contribution >= 4 is 39.1 Å². The molecule has 0 fully saturated rings.